The van der Waals surface area contributed by atoms with Gasteiger partial charge in [0.25, 0.3) is 0 Å². The third-order valence-corrected chi connectivity index (χ3v) is 4.40. The summed E-state index contributed by atoms with van der Waals surface area (Å²) in [6, 6.07) is 5.74. The van der Waals surface area contributed by atoms with Crippen LogP contribution in [-0.2, 0) is 14.9 Å². The molecule has 0 spiro atoms. The normalized spacial score (nSPS) is 17.6. The lowest BCUT2D eigenvalue weighted by atomic mass is 9.92. The van der Waals surface area contributed by atoms with Crippen LogP contribution in [0.4, 0.5) is 0 Å². The van der Waals surface area contributed by atoms with Gasteiger partial charge in [-0.05, 0) is 42.9 Å². The van der Waals surface area contributed by atoms with E-state index in [9.17, 15) is 9.90 Å². The summed E-state index contributed by atoms with van der Waals surface area (Å²) in [7, 11) is 1.47. The lowest BCUT2D eigenvalue weighted by molar-refractivity contribution is -0.147. The van der Waals surface area contributed by atoms with E-state index in [-0.39, 0.29) is 12.0 Å². The van der Waals surface area contributed by atoms with Gasteiger partial charge in [0.05, 0.1) is 6.61 Å². The number of hydrogen-bond donors (Lipinski definition) is 1. The summed E-state index contributed by atoms with van der Waals surface area (Å²) in [5.41, 5.74) is 1.24. The number of aliphatic carboxylic acids is 1. The molecule has 1 aliphatic rings. The number of benzene rings is 1. The van der Waals surface area contributed by atoms with E-state index < -0.39 is 12.1 Å². The second-order valence-corrected chi connectivity index (χ2v) is 6.09. The zero-order valence-corrected chi connectivity index (χ0v) is 13.3. The summed E-state index contributed by atoms with van der Waals surface area (Å²) < 4.78 is 11.6. The average molecular weight is 343 g/mol. The van der Waals surface area contributed by atoms with Crippen LogP contribution < -0.4 is 4.74 Å². The summed E-state index contributed by atoms with van der Waals surface area (Å²) in [4.78, 5) is 11.2. The van der Waals surface area contributed by atoms with E-state index >= 15 is 0 Å². The highest BCUT2D eigenvalue weighted by molar-refractivity contribution is 9.10. The van der Waals surface area contributed by atoms with Gasteiger partial charge in [0.2, 0.25) is 6.10 Å². The van der Waals surface area contributed by atoms with Gasteiger partial charge in [-0.3, -0.25) is 0 Å². The van der Waals surface area contributed by atoms with Gasteiger partial charge in [-0.1, -0.05) is 22.9 Å². The van der Waals surface area contributed by atoms with E-state index in [4.69, 9.17) is 9.47 Å². The zero-order valence-electron chi connectivity index (χ0n) is 11.7. The Morgan fingerprint density at radius 2 is 2.20 bits per heavy atom. The van der Waals surface area contributed by atoms with Crippen molar-refractivity contribution in [3.8, 4) is 5.75 Å². The second-order valence-electron chi connectivity index (χ2n) is 5.17. The Labute approximate surface area is 127 Å². The van der Waals surface area contributed by atoms with Gasteiger partial charge in [0.15, 0.2) is 0 Å². The first-order chi connectivity index (χ1) is 9.52. The molecule has 0 aliphatic heterocycles. The number of carboxylic acid groups (broad SMARTS) is 1. The van der Waals surface area contributed by atoms with Crippen molar-refractivity contribution < 1.29 is 19.4 Å². The van der Waals surface area contributed by atoms with E-state index in [2.05, 4.69) is 22.9 Å². The van der Waals surface area contributed by atoms with Gasteiger partial charge in [-0.2, -0.15) is 0 Å². The fraction of sp³-hybridized carbons (Fsp3) is 0.533. The van der Waals surface area contributed by atoms with Crippen molar-refractivity contribution in [1.29, 1.82) is 0 Å². The van der Waals surface area contributed by atoms with Crippen molar-refractivity contribution in [3.05, 3.63) is 28.2 Å². The molecule has 0 aromatic heterocycles. The lowest BCUT2D eigenvalue weighted by Gasteiger charge is -2.21. The minimum atomic E-state index is -1.01. The van der Waals surface area contributed by atoms with Gasteiger partial charge in [0.1, 0.15) is 5.75 Å². The summed E-state index contributed by atoms with van der Waals surface area (Å²) in [6.45, 7) is 2.19. The lowest BCUT2D eigenvalue weighted by Crippen LogP contribution is -2.32. The number of halogens is 1. The minimum absolute atomic E-state index is 0.0317. The molecule has 1 unspecified atom stereocenters. The standard InChI is InChI=1S/C15H19BrO4/c1-3-15(6-7-15)11-8-10(16)4-5-12(11)20-13(9-19-2)14(17)18/h4-5,8,13H,3,6-7,9H2,1-2H3,(H,17,18). The molecule has 1 fully saturated rings. The smallest absolute Gasteiger partial charge is 0.347 e. The molecule has 1 aliphatic carbocycles. The summed E-state index contributed by atoms with van der Waals surface area (Å²) >= 11 is 3.48. The van der Waals surface area contributed by atoms with E-state index in [0.29, 0.717) is 5.75 Å². The summed E-state index contributed by atoms with van der Waals surface area (Å²) in [6.07, 6.45) is 2.30. The number of rotatable bonds is 7. The molecule has 1 aromatic carbocycles. The number of carboxylic acids is 1. The molecule has 0 heterocycles. The molecule has 0 amide bonds. The van der Waals surface area contributed by atoms with Crippen LogP contribution >= 0.6 is 15.9 Å². The Morgan fingerprint density at radius 3 is 2.70 bits per heavy atom. The fourth-order valence-corrected chi connectivity index (χ4v) is 2.81. The van der Waals surface area contributed by atoms with Gasteiger partial charge in [-0.15, -0.1) is 0 Å². The largest absolute Gasteiger partial charge is 0.478 e. The van der Waals surface area contributed by atoms with Gasteiger partial charge in [-0.25, -0.2) is 4.79 Å². The van der Waals surface area contributed by atoms with Crippen molar-refractivity contribution in [2.24, 2.45) is 0 Å². The molecule has 4 nitrogen and oxygen atoms in total. The maximum atomic E-state index is 11.2. The van der Waals surface area contributed by atoms with Gasteiger partial charge >= 0.3 is 5.97 Å². The predicted octanol–water partition coefficient (Wildman–Crippen LogP) is 3.37. The highest BCUT2D eigenvalue weighted by Gasteiger charge is 2.44. The molecule has 1 saturated carbocycles. The molecule has 0 bridgehead atoms. The Hall–Kier alpha value is -1.07. The topological polar surface area (TPSA) is 55.8 Å². The minimum Gasteiger partial charge on any atom is -0.478 e. The van der Waals surface area contributed by atoms with Crippen molar-refractivity contribution in [1.82, 2.24) is 0 Å². The molecule has 0 radical (unpaired) electrons. The summed E-state index contributed by atoms with van der Waals surface area (Å²) in [5, 5.41) is 9.17. The second kappa shape index (κ2) is 6.14. The van der Waals surface area contributed by atoms with Crippen molar-refractivity contribution in [2.75, 3.05) is 13.7 Å². The van der Waals surface area contributed by atoms with Crippen LogP contribution in [0.2, 0.25) is 0 Å². The molecule has 2 rings (SSSR count). The fourth-order valence-electron chi connectivity index (χ4n) is 2.44. The van der Waals surface area contributed by atoms with E-state index in [1.54, 1.807) is 0 Å². The SMILES string of the molecule is CCC1(c2cc(Br)ccc2OC(COC)C(=O)O)CC1. The van der Waals surface area contributed by atoms with Crippen LogP contribution in [-0.4, -0.2) is 30.9 Å². The van der Waals surface area contributed by atoms with Crippen LogP contribution in [0.1, 0.15) is 31.7 Å². The first kappa shape index (κ1) is 15.3. The first-order valence-electron chi connectivity index (χ1n) is 6.71. The van der Waals surface area contributed by atoms with Crippen LogP contribution in [0.25, 0.3) is 0 Å². The molecule has 1 atom stereocenters. The van der Waals surface area contributed by atoms with Crippen LogP contribution in [0.5, 0.6) is 5.75 Å². The highest BCUT2D eigenvalue weighted by Crippen LogP contribution is 2.54. The first-order valence-corrected chi connectivity index (χ1v) is 7.50. The number of carbonyl (C=O) groups is 1. The predicted molar refractivity (Wildman–Crippen MR) is 79.3 cm³/mol. The monoisotopic (exact) mass is 342 g/mol. The van der Waals surface area contributed by atoms with Gasteiger partial charge < -0.3 is 14.6 Å². The Morgan fingerprint density at radius 1 is 1.50 bits per heavy atom. The summed E-state index contributed by atoms with van der Waals surface area (Å²) in [5.74, 6) is -0.362. The third kappa shape index (κ3) is 3.15. The molecular weight excluding hydrogens is 324 g/mol. The van der Waals surface area contributed by atoms with E-state index in [0.717, 1.165) is 29.3 Å². The highest BCUT2D eigenvalue weighted by atomic mass is 79.9. The molecule has 1 N–H and O–H groups in total. The number of hydrogen-bond acceptors (Lipinski definition) is 3. The quantitative estimate of drug-likeness (QED) is 0.825. The molecule has 5 heteroatoms. The van der Waals surface area contributed by atoms with Crippen LogP contribution in [0, 0.1) is 0 Å². The molecule has 0 saturated heterocycles. The Bertz CT molecular complexity index is 497. The Kier molecular flexibility index (Phi) is 4.70. The maximum absolute atomic E-state index is 11.2. The number of ether oxygens (including phenoxy) is 2. The van der Waals surface area contributed by atoms with Crippen LogP contribution in [0.3, 0.4) is 0 Å². The van der Waals surface area contributed by atoms with E-state index in [1.807, 2.05) is 18.2 Å². The zero-order chi connectivity index (χ0) is 14.8. The molecule has 110 valence electrons. The average Bonchev–Trinajstić information content (AvgIpc) is 3.21. The van der Waals surface area contributed by atoms with Crippen molar-refractivity contribution >= 4 is 21.9 Å². The number of methoxy groups -OCH3 is 1. The maximum Gasteiger partial charge on any atom is 0.347 e. The van der Waals surface area contributed by atoms with Crippen LogP contribution in [0.15, 0.2) is 22.7 Å². The molecule has 1 aromatic rings. The molecule has 20 heavy (non-hydrogen) atoms. The van der Waals surface area contributed by atoms with Crippen molar-refractivity contribution in [2.45, 2.75) is 37.7 Å². The molecular formula is C15H19BrO4. The third-order valence-electron chi connectivity index (χ3n) is 3.91. The Balaban J connectivity index is 2.29. The van der Waals surface area contributed by atoms with Crippen molar-refractivity contribution in [3.63, 3.8) is 0 Å². The van der Waals surface area contributed by atoms with E-state index in [1.165, 1.54) is 7.11 Å². The van der Waals surface area contributed by atoms with Gasteiger partial charge in [0, 0.05) is 17.1 Å².